The molecule has 114 valence electrons. The van der Waals surface area contributed by atoms with Crippen LogP contribution in [0, 0.1) is 0 Å². The zero-order valence-corrected chi connectivity index (χ0v) is 12.8. The lowest BCUT2D eigenvalue weighted by atomic mass is 10.0. The topological polar surface area (TPSA) is 41.5 Å². The van der Waals surface area contributed by atoms with Crippen LogP contribution in [0.1, 0.15) is 18.9 Å². The summed E-state index contributed by atoms with van der Waals surface area (Å²) >= 11 is 3.14. The molecular formula is C13H17BrF3NO2. The van der Waals surface area contributed by atoms with E-state index in [4.69, 9.17) is 4.74 Å². The van der Waals surface area contributed by atoms with E-state index in [0.717, 1.165) is 6.07 Å². The van der Waals surface area contributed by atoms with Crippen LogP contribution in [0.5, 0.6) is 0 Å². The molecule has 0 saturated carbocycles. The van der Waals surface area contributed by atoms with Crippen molar-refractivity contribution in [2.75, 3.05) is 25.6 Å². The van der Waals surface area contributed by atoms with E-state index in [-0.39, 0.29) is 12.2 Å². The third-order valence-corrected chi connectivity index (χ3v) is 3.28. The maximum atomic E-state index is 12.9. The Hall–Kier alpha value is -0.790. The Bertz CT molecular complexity index is 450. The molecule has 1 aromatic rings. The number of ether oxygens (including phenoxy) is 1. The van der Waals surface area contributed by atoms with Crippen molar-refractivity contribution in [1.29, 1.82) is 0 Å². The molecule has 0 aliphatic carbocycles. The molecule has 0 spiro atoms. The van der Waals surface area contributed by atoms with Crippen LogP contribution in [0.3, 0.4) is 0 Å². The van der Waals surface area contributed by atoms with Crippen LogP contribution >= 0.6 is 15.9 Å². The van der Waals surface area contributed by atoms with Gasteiger partial charge in [0.05, 0.1) is 11.2 Å². The largest absolute Gasteiger partial charge is 0.418 e. The number of halogens is 4. The number of aliphatic hydroxyl groups is 1. The highest BCUT2D eigenvalue weighted by Crippen LogP contribution is 2.36. The lowest BCUT2D eigenvalue weighted by molar-refractivity contribution is -0.137. The van der Waals surface area contributed by atoms with Crippen molar-refractivity contribution >= 4 is 21.6 Å². The van der Waals surface area contributed by atoms with Gasteiger partial charge in [0.2, 0.25) is 0 Å². The number of alkyl halides is 3. The molecule has 2 N–H and O–H groups in total. The van der Waals surface area contributed by atoms with Gasteiger partial charge in [0.15, 0.2) is 0 Å². The molecule has 0 saturated heterocycles. The Balaban J connectivity index is 2.84. The molecule has 20 heavy (non-hydrogen) atoms. The van der Waals surface area contributed by atoms with Gasteiger partial charge in [-0.1, -0.05) is 15.9 Å². The van der Waals surface area contributed by atoms with E-state index in [0.29, 0.717) is 17.5 Å². The number of anilines is 1. The van der Waals surface area contributed by atoms with Crippen molar-refractivity contribution in [3.8, 4) is 0 Å². The van der Waals surface area contributed by atoms with Gasteiger partial charge in [0.25, 0.3) is 0 Å². The summed E-state index contributed by atoms with van der Waals surface area (Å²) in [5.41, 5.74) is -1.98. The molecular weight excluding hydrogens is 339 g/mol. The molecule has 0 heterocycles. The second kappa shape index (κ2) is 6.78. The van der Waals surface area contributed by atoms with Crippen LogP contribution in [0.25, 0.3) is 0 Å². The van der Waals surface area contributed by atoms with E-state index in [9.17, 15) is 18.3 Å². The number of hydrogen-bond donors (Lipinski definition) is 2. The lowest BCUT2D eigenvalue weighted by Gasteiger charge is -2.25. The molecule has 0 radical (unpaired) electrons. The fourth-order valence-electron chi connectivity index (χ4n) is 1.61. The van der Waals surface area contributed by atoms with Crippen LogP contribution in [0.15, 0.2) is 22.7 Å². The molecule has 1 rings (SSSR count). The van der Waals surface area contributed by atoms with Crippen molar-refractivity contribution in [3.63, 3.8) is 0 Å². The molecule has 0 aliphatic heterocycles. The zero-order valence-electron chi connectivity index (χ0n) is 11.2. The molecule has 0 amide bonds. The molecule has 3 nitrogen and oxygen atoms in total. The Kier molecular flexibility index (Phi) is 5.85. The van der Waals surface area contributed by atoms with Gasteiger partial charge in [-0.3, -0.25) is 0 Å². The maximum Gasteiger partial charge on any atom is 0.418 e. The smallest absolute Gasteiger partial charge is 0.388 e. The van der Waals surface area contributed by atoms with Crippen molar-refractivity contribution in [3.05, 3.63) is 28.2 Å². The van der Waals surface area contributed by atoms with Crippen LogP contribution in [-0.4, -0.2) is 31.0 Å². The Morgan fingerprint density at radius 3 is 2.55 bits per heavy atom. The summed E-state index contributed by atoms with van der Waals surface area (Å²) in [6, 6.07) is 3.67. The second-order valence-electron chi connectivity index (χ2n) is 4.78. The lowest BCUT2D eigenvalue weighted by Crippen LogP contribution is -2.35. The summed E-state index contributed by atoms with van der Waals surface area (Å²) in [6.45, 7) is 1.87. The van der Waals surface area contributed by atoms with Gasteiger partial charge < -0.3 is 15.2 Å². The predicted molar refractivity (Wildman–Crippen MR) is 74.8 cm³/mol. The maximum absolute atomic E-state index is 12.9. The average Bonchev–Trinajstić information content (AvgIpc) is 2.33. The SMILES string of the molecule is COCCC(C)(O)CNc1cc(Br)ccc1C(F)(F)F. The molecule has 0 aromatic heterocycles. The van der Waals surface area contributed by atoms with Gasteiger partial charge in [-0.05, 0) is 25.1 Å². The number of rotatable bonds is 6. The molecule has 0 fully saturated rings. The fourth-order valence-corrected chi connectivity index (χ4v) is 1.97. The molecule has 1 unspecified atom stereocenters. The van der Waals surface area contributed by atoms with Crippen LogP contribution in [-0.2, 0) is 10.9 Å². The first-order valence-electron chi connectivity index (χ1n) is 5.98. The van der Waals surface area contributed by atoms with Crippen LogP contribution in [0.2, 0.25) is 0 Å². The molecule has 1 atom stereocenters. The summed E-state index contributed by atoms with van der Waals surface area (Å²) in [5, 5.41) is 12.7. The Morgan fingerprint density at radius 1 is 1.35 bits per heavy atom. The Labute approximate surface area is 124 Å². The standard InChI is InChI=1S/C13H17BrF3NO2/c1-12(19,5-6-20-2)8-18-11-7-9(14)3-4-10(11)13(15,16)17/h3-4,7,18-19H,5-6,8H2,1-2H3. The molecule has 1 aromatic carbocycles. The first-order chi connectivity index (χ1) is 9.15. The normalized spacial score (nSPS) is 14.9. The van der Waals surface area contributed by atoms with Gasteiger partial charge in [-0.2, -0.15) is 13.2 Å². The number of benzene rings is 1. The molecule has 0 aliphatic rings. The van der Waals surface area contributed by atoms with E-state index in [1.54, 1.807) is 6.92 Å². The summed E-state index contributed by atoms with van der Waals surface area (Å²) in [7, 11) is 1.50. The van der Waals surface area contributed by atoms with Gasteiger partial charge in [0, 0.05) is 36.8 Å². The van der Waals surface area contributed by atoms with Crippen molar-refractivity contribution < 1.29 is 23.0 Å². The summed E-state index contributed by atoms with van der Waals surface area (Å²) in [4.78, 5) is 0. The van der Waals surface area contributed by atoms with Gasteiger partial charge >= 0.3 is 6.18 Å². The average molecular weight is 356 g/mol. The summed E-state index contributed by atoms with van der Waals surface area (Å²) in [5.74, 6) is 0. The Morgan fingerprint density at radius 2 is 2.00 bits per heavy atom. The van der Waals surface area contributed by atoms with Crippen molar-refractivity contribution in [2.45, 2.75) is 25.1 Å². The quantitative estimate of drug-likeness (QED) is 0.817. The third kappa shape index (κ3) is 5.30. The van der Waals surface area contributed by atoms with E-state index in [2.05, 4.69) is 21.2 Å². The third-order valence-electron chi connectivity index (χ3n) is 2.79. The number of hydrogen-bond acceptors (Lipinski definition) is 3. The summed E-state index contributed by atoms with van der Waals surface area (Å²) < 4.78 is 44.0. The van der Waals surface area contributed by atoms with Crippen LogP contribution in [0.4, 0.5) is 18.9 Å². The highest BCUT2D eigenvalue weighted by atomic mass is 79.9. The minimum absolute atomic E-state index is 0.00407. The number of methoxy groups -OCH3 is 1. The van der Waals surface area contributed by atoms with Crippen LogP contribution < -0.4 is 5.32 Å². The van der Waals surface area contributed by atoms with E-state index >= 15 is 0 Å². The first-order valence-corrected chi connectivity index (χ1v) is 6.77. The highest BCUT2D eigenvalue weighted by molar-refractivity contribution is 9.10. The first kappa shape index (κ1) is 17.3. The predicted octanol–water partition coefficient (Wildman–Crippen LogP) is 3.67. The van der Waals surface area contributed by atoms with Gasteiger partial charge in [-0.15, -0.1) is 0 Å². The van der Waals surface area contributed by atoms with Crippen molar-refractivity contribution in [2.24, 2.45) is 0 Å². The van der Waals surface area contributed by atoms with E-state index in [1.165, 1.54) is 19.2 Å². The van der Waals surface area contributed by atoms with Crippen molar-refractivity contribution in [1.82, 2.24) is 0 Å². The minimum atomic E-state index is -4.44. The van der Waals surface area contributed by atoms with E-state index in [1.807, 2.05) is 0 Å². The van der Waals surface area contributed by atoms with Gasteiger partial charge in [0.1, 0.15) is 0 Å². The molecule has 0 bridgehead atoms. The second-order valence-corrected chi connectivity index (χ2v) is 5.70. The van der Waals surface area contributed by atoms with Gasteiger partial charge in [-0.25, -0.2) is 0 Å². The van der Waals surface area contributed by atoms with E-state index < -0.39 is 17.3 Å². The zero-order chi connectivity index (χ0) is 15.4. The number of nitrogens with one attached hydrogen (secondary N) is 1. The molecule has 7 heteroatoms. The highest BCUT2D eigenvalue weighted by Gasteiger charge is 2.34. The monoisotopic (exact) mass is 355 g/mol. The summed E-state index contributed by atoms with van der Waals surface area (Å²) in [6.07, 6.45) is -4.12. The minimum Gasteiger partial charge on any atom is -0.388 e. The fraction of sp³-hybridized carbons (Fsp3) is 0.538.